The fraction of sp³-hybridized carbons (Fsp3) is 0. The van der Waals surface area contributed by atoms with E-state index in [2.05, 4.69) is 0 Å². The molecule has 6 rings (SSSR count). The zero-order valence-electron chi connectivity index (χ0n) is 24.6. The van der Waals surface area contributed by atoms with Gasteiger partial charge in [0.1, 0.15) is 34.5 Å². The molecule has 6 aromatic rings. The fourth-order valence-corrected chi connectivity index (χ4v) is 8.08. The number of hydrogen-bond donors (Lipinski definition) is 3. The zero-order valence-corrected chi connectivity index (χ0v) is 27.7. The molecule has 11 heteroatoms. The summed E-state index contributed by atoms with van der Waals surface area (Å²) in [4.78, 5) is 0. The molecule has 0 radical (unpaired) electrons. The third-order valence-corrected chi connectivity index (χ3v) is 11.1. The Morgan fingerprint density at radius 3 is 0.894 bits per heavy atom. The standard InChI is InChI=1S/C36H27Cl3N3O4P/c37-31-19-22(40)1-16-34(31)44-25-4-10-28(11-5-25)47(43,29-12-6-26(7-13-29)45-35-17-2-23(41)20-32(35)38)30-14-8-27(9-15-30)46-36-18-3-24(42)21-33(36)39/h1-21H,40-42H2. The molecule has 0 unspecified atom stereocenters. The van der Waals surface area contributed by atoms with Crippen LogP contribution in [-0.2, 0) is 4.57 Å². The molecule has 7 nitrogen and oxygen atoms in total. The van der Waals surface area contributed by atoms with Gasteiger partial charge < -0.3 is 36.0 Å². The predicted octanol–water partition coefficient (Wildman–Crippen LogP) is 9.41. The van der Waals surface area contributed by atoms with Gasteiger partial charge in [0.25, 0.3) is 0 Å². The van der Waals surface area contributed by atoms with Crippen molar-refractivity contribution in [3.8, 4) is 34.5 Å². The van der Waals surface area contributed by atoms with E-state index in [1.165, 1.54) is 0 Å². The molecule has 0 heterocycles. The van der Waals surface area contributed by atoms with Crippen LogP contribution in [0.3, 0.4) is 0 Å². The van der Waals surface area contributed by atoms with Gasteiger partial charge in [0.05, 0.1) is 15.1 Å². The molecule has 0 amide bonds. The first-order chi connectivity index (χ1) is 22.6. The van der Waals surface area contributed by atoms with Gasteiger partial charge in [-0.2, -0.15) is 0 Å². The highest BCUT2D eigenvalue weighted by atomic mass is 35.5. The molecule has 6 aromatic carbocycles. The van der Waals surface area contributed by atoms with Crippen molar-refractivity contribution in [3.63, 3.8) is 0 Å². The summed E-state index contributed by atoms with van der Waals surface area (Å²) in [5.74, 6) is 2.89. The Labute approximate surface area is 286 Å². The van der Waals surface area contributed by atoms with Crippen molar-refractivity contribution in [1.29, 1.82) is 0 Å². The lowest BCUT2D eigenvalue weighted by molar-refractivity contribution is 0.483. The minimum Gasteiger partial charge on any atom is -0.456 e. The summed E-state index contributed by atoms with van der Waals surface area (Å²) in [6.45, 7) is 0. The summed E-state index contributed by atoms with van der Waals surface area (Å²) < 4.78 is 33.2. The lowest BCUT2D eigenvalue weighted by Gasteiger charge is -2.21. The van der Waals surface area contributed by atoms with E-state index in [1.807, 2.05) is 0 Å². The molecule has 0 spiro atoms. The van der Waals surface area contributed by atoms with Crippen LogP contribution in [-0.4, -0.2) is 0 Å². The maximum atomic E-state index is 15.3. The molecule has 0 aliphatic heterocycles. The molecule has 0 aliphatic rings. The second-order valence-electron chi connectivity index (χ2n) is 10.5. The van der Waals surface area contributed by atoms with Gasteiger partial charge >= 0.3 is 0 Å². The number of nitrogens with two attached hydrogens (primary N) is 3. The van der Waals surface area contributed by atoms with Gasteiger partial charge in [-0.05, 0) is 127 Å². The second kappa shape index (κ2) is 13.5. The molecular weight excluding hydrogens is 676 g/mol. The maximum absolute atomic E-state index is 15.3. The first-order valence-electron chi connectivity index (χ1n) is 14.2. The summed E-state index contributed by atoms with van der Waals surface area (Å²) in [5.41, 5.74) is 19.0. The number of rotatable bonds is 9. The van der Waals surface area contributed by atoms with Crippen molar-refractivity contribution >= 4 is 74.9 Å². The van der Waals surface area contributed by atoms with Gasteiger partial charge in [0, 0.05) is 33.0 Å². The predicted molar refractivity (Wildman–Crippen MR) is 194 cm³/mol. The Bertz CT molecular complexity index is 1870. The summed E-state index contributed by atoms with van der Waals surface area (Å²) in [5, 5.41) is 2.89. The number of benzene rings is 6. The second-order valence-corrected chi connectivity index (χ2v) is 14.5. The highest BCUT2D eigenvalue weighted by Crippen LogP contribution is 2.44. The first kappa shape index (κ1) is 32.2. The maximum Gasteiger partial charge on any atom is 0.171 e. The van der Waals surface area contributed by atoms with Gasteiger partial charge in [-0.15, -0.1) is 0 Å². The van der Waals surface area contributed by atoms with E-state index in [-0.39, 0.29) is 0 Å². The van der Waals surface area contributed by atoms with Crippen molar-refractivity contribution in [1.82, 2.24) is 0 Å². The summed E-state index contributed by atoms with van der Waals surface area (Å²) in [6, 6.07) is 36.2. The average molecular weight is 703 g/mol. The van der Waals surface area contributed by atoms with Crippen LogP contribution in [0, 0.1) is 0 Å². The smallest absolute Gasteiger partial charge is 0.171 e. The van der Waals surface area contributed by atoms with Crippen molar-refractivity contribution in [2.45, 2.75) is 0 Å². The molecular formula is C36H27Cl3N3O4P. The molecule has 0 fully saturated rings. The van der Waals surface area contributed by atoms with E-state index >= 15 is 4.57 Å². The van der Waals surface area contributed by atoms with Crippen LogP contribution in [0.15, 0.2) is 127 Å². The largest absolute Gasteiger partial charge is 0.456 e. The Hall–Kier alpha value is -4.78. The Morgan fingerprint density at radius 2 is 0.660 bits per heavy atom. The van der Waals surface area contributed by atoms with Crippen LogP contribution in [0.1, 0.15) is 0 Å². The highest BCUT2D eigenvalue weighted by molar-refractivity contribution is 7.85. The van der Waals surface area contributed by atoms with Gasteiger partial charge in [-0.1, -0.05) is 34.8 Å². The number of nitrogen functional groups attached to an aromatic ring is 3. The quantitative estimate of drug-likeness (QED) is 0.101. The third-order valence-electron chi connectivity index (χ3n) is 7.15. The first-order valence-corrected chi connectivity index (χ1v) is 17.0. The van der Waals surface area contributed by atoms with Crippen LogP contribution in [0.25, 0.3) is 0 Å². The average Bonchev–Trinajstić information content (AvgIpc) is 3.06. The van der Waals surface area contributed by atoms with Crippen LogP contribution in [0.5, 0.6) is 34.5 Å². The Balaban J connectivity index is 1.34. The molecule has 0 aromatic heterocycles. The fourth-order valence-electron chi connectivity index (χ4n) is 4.80. The van der Waals surface area contributed by atoms with E-state index in [0.29, 0.717) is 82.5 Å². The minimum absolute atomic E-state index is 0.380. The molecule has 0 atom stereocenters. The number of halogens is 3. The van der Waals surface area contributed by atoms with E-state index < -0.39 is 7.14 Å². The molecule has 47 heavy (non-hydrogen) atoms. The molecule has 0 saturated heterocycles. The van der Waals surface area contributed by atoms with E-state index in [9.17, 15) is 0 Å². The summed E-state index contributed by atoms with van der Waals surface area (Å²) >= 11 is 18.9. The third kappa shape index (κ3) is 7.14. The lowest BCUT2D eigenvalue weighted by Crippen LogP contribution is -2.25. The monoisotopic (exact) mass is 701 g/mol. The van der Waals surface area contributed by atoms with E-state index in [0.717, 1.165) is 0 Å². The zero-order chi connectivity index (χ0) is 33.1. The summed E-state index contributed by atoms with van der Waals surface area (Å²) in [6.07, 6.45) is 0. The molecule has 0 aliphatic carbocycles. The van der Waals surface area contributed by atoms with Crippen molar-refractivity contribution in [3.05, 3.63) is 142 Å². The Kier molecular flexibility index (Phi) is 9.26. The highest BCUT2D eigenvalue weighted by Gasteiger charge is 2.30. The van der Waals surface area contributed by atoms with Crippen molar-refractivity contribution in [2.24, 2.45) is 0 Å². The van der Waals surface area contributed by atoms with Crippen LogP contribution < -0.4 is 47.3 Å². The van der Waals surface area contributed by atoms with E-state index in [4.69, 9.17) is 66.2 Å². The molecule has 0 saturated carbocycles. The van der Waals surface area contributed by atoms with Gasteiger partial charge in [0.15, 0.2) is 7.14 Å². The lowest BCUT2D eigenvalue weighted by atomic mass is 10.3. The Morgan fingerprint density at radius 1 is 0.404 bits per heavy atom. The number of anilines is 3. The molecule has 0 bridgehead atoms. The number of hydrogen-bond acceptors (Lipinski definition) is 7. The van der Waals surface area contributed by atoms with Gasteiger partial charge in [0.2, 0.25) is 0 Å². The van der Waals surface area contributed by atoms with Crippen LogP contribution >= 0.6 is 41.9 Å². The molecule has 236 valence electrons. The van der Waals surface area contributed by atoms with Gasteiger partial charge in [-0.3, -0.25) is 0 Å². The minimum atomic E-state index is -3.43. The SMILES string of the molecule is Nc1ccc(Oc2ccc(P(=O)(c3ccc(Oc4ccc(N)cc4Cl)cc3)c3ccc(Oc4ccc(N)cc4Cl)cc3)cc2)c(Cl)c1. The van der Waals surface area contributed by atoms with Crippen molar-refractivity contribution < 1.29 is 18.8 Å². The van der Waals surface area contributed by atoms with Gasteiger partial charge in [-0.25, -0.2) is 0 Å². The summed E-state index contributed by atoms with van der Waals surface area (Å²) in [7, 11) is -3.43. The van der Waals surface area contributed by atoms with Crippen LogP contribution in [0.2, 0.25) is 15.1 Å². The van der Waals surface area contributed by atoms with Crippen molar-refractivity contribution in [2.75, 3.05) is 17.2 Å². The van der Waals surface area contributed by atoms with Crippen LogP contribution in [0.4, 0.5) is 17.1 Å². The number of ether oxygens (including phenoxy) is 3. The van der Waals surface area contributed by atoms with E-state index in [1.54, 1.807) is 127 Å². The molecule has 6 N–H and O–H groups in total. The topological polar surface area (TPSA) is 123 Å². The normalized spacial score (nSPS) is 11.2.